The molecule has 3 aromatic rings. The molecule has 8 heteroatoms. The van der Waals surface area contributed by atoms with Crippen molar-refractivity contribution in [3.63, 3.8) is 0 Å². The van der Waals surface area contributed by atoms with Gasteiger partial charge in [-0.05, 0) is 25.5 Å². The molecule has 0 saturated carbocycles. The zero-order valence-electron chi connectivity index (χ0n) is 14.0. The molecule has 0 aliphatic carbocycles. The molecule has 0 aliphatic heterocycles. The maximum absolute atomic E-state index is 12.7. The molecule has 0 atom stereocenters. The molecule has 0 bridgehead atoms. The molecule has 2 heterocycles. The zero-order chi connectivity index (χ0) is 18.0. The third kappa shape index (κ3) is 3.23. The summed E-state index contributed by atoms with van der Waals surface area (Å²) in [7, 11) is 0. The summed E-state index contributed by atoms with van der Waals surface area (Å²) >= 11 is 0. The monoisotopic (exact) mass is 342 g/mol. The van der Waals surface area contributed by atoms with Gasteiger partial charge >= 0.3 is 5.69 Å². The number of carbonyl (C=O) groups excluding carboxylic acids is 1. The molecule has 130 valence electrons. The number of carbonyl (C=O) groups is 1. The fraction of sp³-hybridized carbons (Fsp3) is 0.294. The van der Waals surface area contributed by atoms with Crippen LogP contribution in [0.15, 0.2) is 44.4 Å². The van der Waals surface area contributed by atoms with E-state index < -0.39 is 11.6 Å². The maximum Gasteiger partial charge on any atom is 0.331 e. The van der Waals surface area contributed by atoms with Gasteiger partial charge in [0.05, 0.1) is 10.9 Å². The average molecular weight is 342 g/mol. The minimum Gasteiger partial charge on any atom is -0.360 e. The zero-order valence-corrected chi connectivity index (χ0v) is 14.0. The molecule has 0 aliphatic rings. The largest absolute Gasteiger partial charge is 0.360 e. The predicted octanol–water partition coefficient (Wildman–Crippen LogP) is 1.51. The Morgan fingerprint density at radius 2 is 2.00 bits per heavy atom. The van der Waals surface area contributed by atoms with Crippen LogP contribution in [0.5, 0.6) is 0 Å². The van der Waals surface area contributed by atoms with Crippen LogP contribution in [0.4, 0.5) is 5.82 Å². The number of amides is 1. The third-order valence-corrected chi connectivity index (χ3v) is 3.78. The van der Waals surface area contributed by atoms with E-state index in [9.17, 15) is 14.4 Å². The van der Waals surface area contributed by atoms with E-state index in [0.717, 1.165) is 4.57 Å². The summed E-state index contributed by atoms with van der Waals surface area (Å²) in [6.45, 7) is 3.66. The fourth-order valence-electron chi connectivity index (χ4n) is 2.70. The molecule has 0 saturated heterocycles. The molecule has 25 heavy (non-hydrogen) atoms. The van der Waals surface area contributed by atoms with Crippen LogP contribution in [0.1, 0.15) is 19.1 Å². The van der Waals surface area contributed by atoms with Crippen molar-refractivity contribution in [2.45, 2.75) is 33.4 Å². The second kappa shape index (κ2) is 6.76. The molecular weight excluding hydrogens is 324 g/mol. The molecule has 8 nitrogen and oxygen atoms in total. The van der Waals surface area contributed by atoms with Gasteiger partial charge in [-0.3, -0.25) is 18.7 Å². The van der Waals surface area contributed by atoms with Gasteiger partial charge in [-0.25, -0.2) is 4.79 Å². The van der Waals surface area contributed by atoms with Crippen molar-refractivity contribution in [3.05, 3.63) is 56.9 Å². The Kier molecular flexibility index (Phi) is 4.51. The second-order valence-corrected chi connectivity index (χ2v) is 5.71. The van der Waals surface area contributed by atoms with Crippen molar-refractivity contribution in [2.24, 2.45) is 0 Å². The van der Waals surface area contributed by atoms with Gasteiger partial charge in [-0.15, -0.1) is 0 Å². The summed E-state index contributed by atoms with van der Waals surface area (Å²) in [5.41, 5.74) is -0.417. The smallest absolute Gasteiger partial charge is 0.331 e. The van der Waals surface area contributed by atoms with E-state index in [0.29, 0.717) is 29.6 Å². The molecule has 1 N–H and O–H groups in total. The quantitative estimate of drug-likeness (QED) is 0.758. The standard InChI is InChI=1S/C17H18N4O4/c1-3-8-20-16(23)12-6-4-5-7-13(12)21(17(20)24)10-15(22)18-14-9-11(2)25-19-14/h4-7,9H,3,8,10H2,1-2H3,(H,18,19,22). The van der Waals surface area contributed by atoms with Crippen molar-refractivity contribution < 1.29 is 9.32 Å². The van der Waals surface area contributed by atoms with E-state index in [4.69, 9.17) is 4.52 Å². The number of benzene rings is 1. The number of fused-ring (bicyclic) bond motifs is 1. The molecule has 0 spiro atoms. The first kappa shape index (κ1) is 16.7. The first-order chi connectivity index (χ1) is 12.0. The maximum atomic E-state index is 12.7. The van der Waals surface area contributed by atoms with Gasteiger partial charge in [0.25, 0.3) is 5.56 Å². The minimum atomic E-state index is -0.503. The van der Waals surface area contributed by atoms with Gasteiger partial charge in [0.2, 0.25) is 5.91 Å². The lowest BCUT2D eigenvalue weighted by molar-refractivity contribution is -0.116. The van der Waals surface area contributed by atoms with Crippen LogP contribution in [-0.4, -0.2) is 20.2 Å². The van der Waals surface area contributed by atoms with Crippen LogP contribution in [-0.2, 0) is 17.9 Å². The summed E-state index contributed by atoms with van der Waals surface area (Å²) in [5.74, 6) is 0.415. The van der Waals surface area contributed by atoms with Gasteiger partial charge in [-0.2, -0.15) is 0 Å². The van der Waals surface area contributed by atoms with E-state index in [-0.39, 0.29) is 17.9 Å². The number of aryl methyl sites for hydroxylation is 1. The van der Waals surface area contributed by atoms with E-state index in [2.05, 4.69) is 10.5 Å². The van der Waals surface area contributed by atoms with Gasteiger partial charge in [-0.1, -0.05) is 24.2 Å². The first-order valence-electron chi connectivity index (χ1n) is 7.96. The predicted molar refractivity (Wildman–Crippen MR) is 92.6 cm³/mol. The van der Waals surface area contributed by atoms with Crippen LogP contribution in [0.2, 0.25) is 0 Å². The summed E-state index contributed by atoms with van der Waals surface area (Å²) in [6, 6.07) is 8.34. The summed E-state index contributed by atoms with van der Waals surface area (Å²) < 4.78 is 7.36. The molecule has 2 aromatic heterocycles. The number of para-hydroxylation sites is 1. The lowest BCUT2D eigenvalue weighted by atomic mass is 10.2. The first-order valence-corrected chi connectivity index (χ1v) is 7.96. The van der Waals surface area contributed by atoms with E-state index in [1.807, 2.05) is 6.92 Å². The second-order valence-electron chi connectivity index (χ2n) is 5.71. The Morgan fingerprint density at radius 3 is 2.68 bits per heavy atom. The lowest BCUT2D eigenvalue weighted by Crippen LogP contribution is -2.41. The van der Waals surface area contributed by atoms with Crippen molar-refractivity contribution in [1.82, 2.24) is 14.3 Å². The molecule has 3 rings (SSSR count). The van der Waals surface area contributed by atoms with Gasteiger partial charge in [0, 0.05) is 12.6 Å². The Balaban J connectivity index is 2.04. The van der Waals surface area contributed by atoms with Crippen LogP contribution in [0, 0.1) is 6.92 Å². The van der Waals surface area contributed by atoms with E-state index >= 15 is 0 Å². The number of hydrogen-bond donors (Lipinski definition) is 1. The number of nitrogens with zero attached hydrogens (tertiary/aromatic N) is 3. The van der Waals surface area contributed by atoms with E-state index in [1.165, 1.54) is 4.57 Å². The summed E-state index contributed by atoms with van der Waals surface area (Å²) in [4.78, 5) is 37.5. The topological polar surface area (TPSA) is 99.1 Å². The highest BCUT2D eigenvalue weighted by Crippen LogP contribution is 2.10. The number of nitrogens with one attached hydrogen (secondary N) is 1. The average Bonchev–Trinajstić information content (AvgIpc) is 3.00. The molecular formula is C17H18N4O4. The van der Waals surface area contributed by atoms with E-state index in [1.54, 1.807) is 37.3 Å². The highest BCUT2D eigenvalue weighted by molar-refractivity contribution is 5.90. The van der Waals surface area contributed by atoms with Crippen molar-refractivity contribution >= 4 is 22.6 Å². The van der Waals surface area contributed by atoms with Crippen molar-refractivity contribution in [1.29, 1.82) is 0 Å². The Hall–Kier alpha value is -3.16. The lowest BCUT2D eigenvalue weighted by Gasteiger charge is -2.13. The number of anilines is 1. The summed E-state index contributed by atoms with van der Waals surface area (Å²) in [5, 5.41) is 6.68. The fourth-order valence-corrected chi connectivity index (χ4v) is 2.70. The number of hydrogen-bond acceptors (Lipinski definition) is 5. The number of aromatic nitrogens is 3. The van der Waals surface area contributed by atoms with Gasteiger partial charge in [0.1, 0.15) is 12.3 Å². The van der Waals surface area contributed by atoms with Crippen molar-refractivity contribution in [3.8, 4) is 0 Å². The van der Waals surface area contributed by atoms with Gasteiger partial charge < -0.3 is 9.84 Å². The van der Waals surface area contributed by atoms with Gasteiger partial charge in [0.15, 0.2) is 5.82 Å². The Labute approximate surface area is 142 Å². The normalized spacial score (nSPS) is 11.0. The third-order valence-electron chi connectivity index (χ3n) is 3.78. The van der Waals surface area contributed by atoms with Crippen LogP contribution < -0.4 is 16.6 Å². The SMILES string of the molecule is CCCn1c(=O)c2ccccc2n(CC(=O)Nc2cc(C)on2)c1=O. The number of rotatable bonds is 5. The molecule has 1 amide bonds. The molecule has 1 aromatic carbocycles. The molecule has 0 fully saturated rings. The Morgan fingerprint density at radius 1 is 1.24 bits per heavy atom. The van der Waals surface area contributed by atoms with Crippen LogP contribution >= 0.6 is 0 Å². The minimum absolute atomic E-state index is 0.227. The van der Waals surface area contributed by atoms with Crippen molar-refractivity contribution in [2.75, 3.05) is 5.32 Å². The van der Waals surface area contributed by atoms with Crippen LogP contribution in [0.25, 0.3) is 10.9 Å². The Bertz CT molecular complexity index is 1040. The highest BCUT2D eigenvalue weighted by Gasteiger charge is 2.15. The molecule has 0 unspecified atom stereocenters. The highest BCUT2D eigenvalue weighted by atomic mass is 16.5. The summed E-state index contributed by atoms with van der Waals surface area (Å²) in [6.07, 6.45) is 0.637. The van der Waals surface area contributed by atoms with Crippen LogP contribution in [0.3, 0.4) is 0 Å². The molecule has 0 radical (unpaired) electrons.